The quantitative estimate of drug-likeness (QED) is 0.839. The lowest BCUT2D eigenvalue weighted by atomic mass is 10.2. The van der Waals surface area contributed by atoms with E-state index in [-0.39, 0.29) is 30.6 Å². The summed E-state index contributed by atoms with van der Waals surface area (Å²) in [5, 5.41) is 2.40. The van der Waals surface area contributed by atoms with Gasteiger partial charge in [0.25, 0.3) is 0 Å². The van der Waals surface area contributed by atoms with Crippen LogP contribution in [0.5, 0.6) is 0 Å². The lowest BCUT2D eigenvalue weighted by Crippen LogP contribution is -2.52. The number of piperazine rings is 1. The number of carbonyl (C=O) groups excluding carboxylic acids is 2. The first-order valence-corrected chi connectivity index (χ1v) is 5.39. The highest BCUT2D eigenvalue weighted by Crippen LogP contribution is 2.23. The van der Waals surface area contributed by atoms with Crippen molar-refractivity contribution in [1.29, 1.82) is 0 Å². The number of halogens is 2. The minimum Gasteiger partial charge on any atom is -0.345 e. The minimum atomic E-state index is -0.530. The smallest absolute Gasteiger partial charge is 0.246 e. The second kappa shape index (κ2) is 4.21. The Morgan fingerprint density at radius 1 is 1.38 bits per heavy atom. The van der Waals surface area contributed by atoms with Crippen LogP contribution in [0.1, 0.15) is 0 Å². The number of hydrogen-bond donors (Lipinski definition) is 1. The Bertz CT molecular complexity index is 464. The van der Waals surface area contributed by atoms with Crippen molar-refractivity contribution >= 4 is 33.4 Å². The number of hydrogen-bond acceptors (Lipinski definition) is 2. The summed E-state index contributed by atoms with van der Waals surface area (Å²) < 4.78 is 14.2. The van der Waals surface area contributed by atoms with Gasteiger partial charge in [-0.15, -0.1) is 0 Å². The Balaban J connectivity index is 2.35. The Morgan fingerprint density at radius 2 is 2.12 bits per heavy atom. The molecule has 6 heteroatoms. The van der Waals surface area contributed by atoms with Gasteiger partial charge in [0.15, 0.2) is 0 Å². The van der Waals surface area contributed by atoms with E-state index in [1.54, 1.807) is 6.07 Å². The topological polar surface area (TPSA) is 49.4 Å². The molecule has 0 atom stereocenters. The highest BCUT2D eigenvalue weighted by molar-refractivity contribution is 9.10. The SMILES string of the molecule is O=C1CN(c2ccc(Br)cc2F)C(=O)CN1. The van der Waals surface area contributed by atoms with Crippen LogP contribution in [0.3, 0.4) is 0 Å². The largest absolute Gasteiger partial charge is 0.345 e. The van der Waals surface area contributed by atoms with Crippen molar-refractivity contribution in [3.63, 3.8) is 0 Å². The molecule has 1 heterocycles. The third-order valence-electron chi connectivity index (χ3n) is 2.24. The fourth-order valence-corrected chi connectivity index (χ4v) is 1.81. The predicted octanol–water partition coefficient (Wildman–Crippen LogP) is 1.05. The molecule has 0 aromatic heterocycles. The summed E-state index contributed by atoms with van der Waals surface area (Å²) in [4.78, 5) is 23.8. The molecule has 0 unspecified atom stereocenters. The van der Waals surface area contributed by atoms with E-state index >= 15 is 0 Å². The van der Waals surface area contributed by atoms with Crippen LogP contribution >= 0.6 is 15.9 Å². The van der Waals surface area contributed by atoms with Crippen molar-refractivity contribution in [2.45, 2.75) is 0 Å². The van der Waals surface area contributed by atoms with E-state index in [0.717, 1.165) is 4.90 Å². The summed E-state index contributed by atoms with van der Waals surface area (Å²) in [5.41, 5.74) is 0.128. The van der Waals surface area contributed by atoms with E-state index < -0.39 is 5.82 Å². The van der Waals surface area contributed by atoms with Gasteiger partial charge in [-0.05, 0) is 18.2 Å². The van der Waals surface area contributed by atoms with Crippen LogP contribution < -0.4 is 10.2 Å². The molecule has 1 aromatic rings. The molecule has 0 radical (unpaired) electrons. The zero-order chi connectivity index (χ0) is 11.7. The molecular weight excluding hydrogens is 279 g/mol. The maximum Gasteiger partial charge on any atom is 0.246 e. The van der Waals surface area contributed by atoms with Crippen LogP contribution in [-0.4, -0.2) is 24.9 Å². The van der Waals surface area contributed by atoms with Gasteiger partial charge in [-0.3, -0.25) is 14.5 Å². The maximum atomic E-state index is 13.6. The van der Waals surface area contributed by atoms with E-state index in [1.807, 2.05) is 0 Å². The zero-order valence-corrected chi connectivity index (χ0v) is 9.75. The van der Waals surface area contributed by atoms with Crippen molar-refractivity contribution in [3.8, 4) is 0 Å². The molecule has 0 spiro atoms. The standard InChI is InChI=1S/C10H8BrFN2O2/c11-6-1-2-8(7(12)3-6)14-5-9(15)13-4-10(14)16/h1-3H,4-5H2,(H,13,15). The Hall–Kier alpha value is -1.43. The summed E-state index contributed by atoms with van der Waals surface area (Å²) >= 11 is 3.12. The third-order valence-corrected chi connectivity index (χ3v) is 2.73. The molecule has 1 saturated heterocycles. The van der Waals surface area contributed by atoms with Crippen LogP contribution in [0.25, 0.3) is 0 Å². The Kier molecular flexibility index (Phi) is 2.91. The van der Waals surface area contributed by atoms with E-state index in [9.17, 15) is 14.0 Å². The van der Waals surface area contributed by atoms with E-state index in [0.29, 0.717) is 4.47 Å². The van der Waals surface area contributed by atoms with Gasteiger partial charge in [0.05, 0.1) is 12.2 Å². The van der Waals surface area contributed by atoms with Crippen LogP contribution in [0.15, 0.2) is 22.7 Å². The van der Waals surface area contributed by atoms with Crippen molar-refractivity contribution in [2.24, 2.45) is 0 Å². The van der Waals surface area contributed by atoms with Crippen molar-refractivity contribution in [2.75, 3.05) is 18.0 Å². The molecule has 1 aliphatic rings. The molecule has 1 aromatic carbocycles. The monoisotopic (exact) mass is 286 g/mol. The van der Waals surface area contributed by atoms with Gasteiger partial charge in [0.2, 0.25) is 11.8 Å². The lowest BCUT2D eigenvalue weighted by Gasteiger charge is -2.26. The van der Waals surface area contributed by atoms with Crippen molar-refractivity contribution < 1.29 is 14.0 Å². The maximum absolute atomic E-state index is 13.6. The summed E-state index contributed by atoms with van der Waals surface area (Å²) in [7, 11) is 0. The van der Waals surface area contributed by atoms with Crippen LogP contribution in [-0.2, 0) is 9.59 Å². The number of anilines is 1. The molecule has 1 N–H and O–H groups in total. The first-order chi connectivity index (χ1) is 7.58. The van der Waals surface area contributed by atoms with E-state index in [4.69, 9.17) is 0 Å². The molecule has 2 rings (SSSR count). The summed E-state index contributed by atoms with van der Waals surface area (Å²) in [6.07, 6.45) is 0. The molecule has 4 nitrogen and oxygen atoms in total. The van der Waals surface area contributed by atoms with Gasteiger partial charge in [-0.2, -0.15) is 0 Å². The second-order valence-corrected chi connectivity index (χ2v) is 4.27. The summed E-state index contributed by atoms with van der Waals surface area (Å²) in [5.74, 6) is -1.14. The fraction of sp³-hybridized carbons (Fsp3) is 0.200. The summed E-state index contributed by atoms with van der Waals surface area (Å²) in [6.45, 7) is -0.230. The van der Waals surface area contributed by atoms with Crippen LogP contribution in [0.2, 0.25) is 0 Å². The van der Waals surface area contributed by atoms with Crippen molar-refractivity contribution in [1.82, 2.24) is 5.32 Å². The highest BCUT2D eigenvalue weighted by atomic mass is 79.9. The van der Waals surface area contributed by atoms with Crippen LogP contribution in [0, 0.1) is 5.82 Å². The Labute approximate surface area is 99.6 Å². The second-order valence-electron chi connectivity index (χ2n) is 3.35. The average Bonchev–Trinajstić information content (AvgIpc) is 2.22. The first kappa shape index (κ1) is 11.1. The van der Waals surface area contributed by atoms with Gasteiger partial charge >= 0.3 is 0 Å². The van der Waals surface area contributed by atoms with E-state index in [2.05, 4.69) is 21.2 Å². The average molecular weight is 287 g/mol. The minimum absolute atomic E-state index is 0.0890. The molecule has 1 aliphatic heterocycles. The van der Waals surface area contributed by atoms with E-state index in [1.165, 1.54) is 12.1 Å². The van der Waals surface area contributed by atoms with Gasteiger partial charge in [-0.1, -0.05) is 15.9 Å². The number of carbonyl (C=O) groups is 2. The normalized spacial score (nSPS) is 16.2. The Morgan fingerprint density at radius 3 is 2.81 bits per heavy atom. The fourth-order valence-electron chi connectivity index (χ4n) is 1.48. The van der Waals surface area contributed by atoms with Gasteiger partial charge in [0, 0.05) is 4.47 Å². The van der Waals surface area contributed by atoms with Gasteiger partial charge in [0.1, 0.15) is 12.4 Å². The van der Waals surface area contributed by atoms with Crippen LogP contribution in [0.4, 0.5) is 10.1 Å². The lowest BCUT2D eigenvalue weighted by molar-refractivity contribution is -0.128. The third kappa shape index (κ3) is 2.06. The first-order valence-electron chi connectivity index (χ1n) is 4.60. The van der Waals surface area contributed by atoms with Crippen molar-refractivity contribution in [3.05, 3.63) is 28.5 Å². The molecule has 1 fully saturated rings. The zero-order valence-electron chi connectivity index (χ0n) is 8.17. The van der Waals surface area contributed by atoms with Gasteiger partial charge in [-0.25, -0.2) is 4.39 Å². The number of amides is 2. The number of rotatable bonds is 1. The number of nitrogens with one attached hydrogen (secondary N) is 1. The molecule has 84 valence electrons. The highest BCUT2D eigenvalue weighted by Gasteiger charge is 2.26. The van der Waals surface area contributed by atoms with Gasteiger partial charge < -0.3 is 5.32 Å². The molecular formula is C10H8BrFN2O2. The molecule has 2 amide bonds. The molecule has 0 saturated carbocycles. The predicted molar refractivity (Wildman–Crippen MR) is 59.5 cm³/mol. The number of nitrogens with zero attached hydrogens (tertiary/aromatic N) is 1. The number of benzene rings is 1. The molecule has 16 heavy (non-hydrogen) atoms. The molecule has 0 bridgehead atoms. The summed E-state index contributed by atoms with van der Waals surface area (Å²) in [6, 6.07) is 4.35. The molecule has 0 aliphatic carbocycles.